The van der Waals surface area contributed by atoms with E-state index in [1.54, 1.807) is 20.0 Å². The number of benzene rings is 1. The number of aromatic nitrogens is 2. The molecule has 1 aromatic heterocycles. The van der Waals surface area contributed by atoms with Gasteiger partial charge in [0.15, 0.2) is 17.2 Å². The van der Waals surface area contributed by atoms with Gasteiger partial charge in [-0.3, -0.25) is 19.1 Å². The quantitative estimate of drug-likeness (QED) is 0.633. The molecule has 3 aliphatic rings. The Kier molecular flexibility index (Phi) is 6.12. The van der Waals surface area contributed by atoms with Crippen molar-refractivity contribution in [3.8, 4) is 11.5 Å². The van der Waals surface area contributed by atoms with Gasteiger partial charge in [-0.2, -0.15) is 5.10 Å². The number of nitrogens with zero attached hydrogens (tertiary/aromatic N) is 3. The summed E-state index contributed by atoms with van der Waals surface area (Å²) in [6.07, 6.45) is 6.51. The number of hydrogen-bond donors (Lipinski definition) is 2. The molecule has 3 heterocycles. The van der Waals surface area contributed by atoms with Gasteiger partial charge in [0.25, 0.3) is 11.8 Å². The maximum atomic E-state index is 13.3. The smallest absolute Gasteiger partial charge is 0.272 e. The summed E-state index contributed by atoms with van der Waals surface area (Å²) in [4.78, 5) is 40.7. The Morgan fingerprint density at radius 3 is 2.63 bits per heavy atom. The summed E-state index contributed by atoms with van der Waals surface area (Å²) in [6.45, 7) is 2.39. The van der Waals surface area contributed by atoms with Crippen molar-refractivity contribution in [3.63, 3.8) is 0 Å². The molecular formula is C25H31N5O5. The molecule has 1 aliphatic carbocycles. The molecular weight excluding hydrogens is 450 g/mol. The summed E-state index contributed by atoms with van der Waals surface area (Å²) in [7, 11) is 1.63. The Bertz CT molecular complexity index is 1150. The second-order valence-corrected chi connectivity index (χ2v) is 9.74. The highest BCUT2D eigenvalue weighted by Gasteiger charge is 2.46. The normalized spacial score (nSPS) is 21.9. The molecule has 1 fully saturated rings. The third-order valence-corrected chi connectivity index (χ3v) is 7.30. The highest BCUT2D eigenvalue weighted by Crippen LogP contribution is 2.32. The van der Waals surface area contributed by atoms with Gasteiger partial charge in [0.2, 0.25) is 12.7 Å². The number of rotatable bonds is 5. The van der Waals surface area contributed by atoms with Crippen LogP contribution in [0.3, 0.4) is 0 Å². The molecule has 3 amide bonds. The van der Waals surface area contributed by atoms with E-state index in [0.29, 0.717) is 17.2 Å². The van der Waals surface area contributed by atoms with Crippen LogP contribution < -0.4 is 20.1 Å². The molecule has 1 atom stereocenters. The predicted molar refractivity (Wildman–Crippen MR) is 126 cm³/mol. The monoisotopic (exact) mass is 481 g/mol. The molecule has 35 heavy (non-hydrogen) atoms. The Morgan fingerprint density at radius 2 is 1.86 bits per heavy atom. The van der Waals surface area contributed by atoms with Crippen LogP contribution >= 0.6 is 0 Å². The lowest BCUT2D eigenvalue weighted by Crippen LogP contribution is -2.63. The van der Waals surface area contributed by atoms with Gasteiger partial charge in [0, 0.05) is 25.7 Å². The minimum atomic E-state index is -1.09. The molecule has 10 heteroatoms. The van der Waals surface area contributed by atoms with Crippen molar-refractivity contribution in [3.05, 3.63) is 41.2 Å². The summed E-state index contributed by atoms with van der Waals surface area (Å²) >= 11 is 0. The predicted octanol–water partition coefficient (Wildman–Crippen LogP) is 2.23. The molecule has 5 rings (SSSR count). The molecule has 186 valence electrons. The van der Waals surface area contributed by atoms with E-state index in [1.165, 1.54) is 28.5 Å². The Balaban J connectivity index is 1.27. The van der Waals surface area contributed by atoms with E-state index < -0.39 is 11.4 Å². The Morgan fingerprint density at radius 1 is 1.11 bits per heavy atom. The largest absolute Gasteiger partial charge is 0.454 e. The summed E-state index contributed by atoms with van der Waals surface area (Å²) in [5.41, 5.74) is 0.185. The SMILES string of the molecule is CN1C(=O)c2cc(C(=O)NCc3ccc4c(c3)OCO4)nn2C[C@]1(C)C(=O)NC1CCCCCC1. The number of hydrogen-bond acceptors (Lipinski definition) is 6. The van der Waals surface area contributed by atoms with Gasteiger partial charge in [-0.25, -0.2) is 0 Å². The summed E-state index contributed by atoms with van der Waals surface area (Å²) in [5, 5.41) is 10.4. The van der Waals surface area contributed by atoms with Gasteiger partial charge >= 0.3 is 0 Å². The van der Waals surface area contributed by atoms with Crippen molar-refractivity contribution in [2.75, 3.05) is 13.8 Å². The van der Waals surface area contributed by atoms with Gasteiger partial charge in [-0.1, -0.05) is 31.7 Å². The van der Waals surface area contributed by atoms with Gasteiger partial charge in [-0.15, -0.1) is 0 Å². The second kappa shape index (κ2) is 9.24. The van der Waals surface area contributed by atoms with Gasteiger partial charge in [-0.05, 0) is 37.5 Å². The van der Waals surface area contributed by atoms with E-state index in [4.69, 9.17) is 9.47 Å². The minimum Gasteiger partial charge on any atom is -0.454 e. The van der Waals surface area contributed by atoms with E-state index in [-0.39, 0.29) is 43.4 Å². The maximum Gasteiger partial charge on any atom is 0.272 e. The van der Waals surface area contributed by atoms with E-state index in [2.05, 4.69) is 15.7 Å². The van der Waals surface area contributed by atoms with Crippen LogP contribution in [0.5, 0.6) is 11.5 Å². The molecule has 0 unspecified atom stereocenters. The first-order valence-corrected chi connectivity index (χ1v) is 12.2. The lowest BCUT2D eigenvalue weighted by Gasteiger charge is -2.41. The van der Waals surface area contributed by atoms with Crippen LogP contribution in [-0.2, 0) is 17.9 Å². The molecule has 0 bridgehead atoms. The van der Waals surface area contributed by atoms with Crippen LogP contribution in [-0.4, -0.2) is 57.8 Å². The van der Waals surface area contributed by atoms with Crippen LogP contribution in [0.4, 0.5) is 0 Å². The van der Waals surface area contributed by atoms with Crippen molar-refractivity contribution in [1.29, 1.82) is 0 Å². The highest BCUT2D eigenvalue weighted by atomic mass is 16.7. The van der Waals surface area contributed by atoms with Crippen molar-refractivity contribution in [2.45, 2.75) is 70.1 Å². The molecule has 2 N–H and O–H groups in total. The highest BCUT2D eigenvalue weighted by molar-refractivity contribution is 6.01. The fourth-order valence-corrected chi connectivity index (χ4v) is 4.93. The Hall–Kier alpha value is -3.56. The lowest BCUT2D eigenvalue weighted by molar-refractivity contribution is -0.133. The molecule has 1 aromatic carbocycles. The first-order chi connectivity index (χ1) is 16.8. The number of nitrogens with one attached hydrogen (secondary N) is 2. The zero-order valence-electron chi connectivity index (χ0n) is 20.1. The molecule has 10 nitrogen and oxygen atoms in total. The van der Waals surface area contributed by atoms with Gasteiger partial charge in [0.05, 0.1) is 6.54 Å². The van der Waals surface area contributed by atoms with Crippen LogP contribution in [0.1, 0.15) is 72.0 Å². The average Bonchev–Trinajstić information content (AvgIpc) is 3.41. The fraction of sp³-hybridized carbons (Fsp3) is 0.520. The number of fused-ring (bicyclic) bond motifs is 2. The molecule has 0 spiro atoms. The number of likely N-dealkylation sites (N-methyl/N-ethyl adjacent to an activating group) is 1. The van der Waals surface area contributed by atoms with Gasteiger partial charge < -0.3 is 25.0 Å². The number of carbonyl (C=O) groups is 3. The van der Waals surface area contributed by atoms with E-state index in [9.17, 15) is 14.4 Å². The van der Waals surface area contributed by atoms with Crippen LogP contribution in [0.2, 0.25) is 0 Å². The minimum absolute atomic E-state index is 0.127. The fourth-order valence-electron chi connectivity index (χ4n) is 4.93. The number of amides is 3. The number of ether oxygens (including phenoxy) is 2. The molecule has 0 saturated heterocycles. The summed E-state index contributed by atoms with van der Waals surface area (Å²) < 4.78 is 12.2. The first kappa shape index (κ1) is 23.2. The zero-order chi connectivity index (χ0) is 24.6. The van der Waals surface area contributed by atoms with Crippen LogP contribution in [0, 0.1) is 0 Å². The van der Waals surface area contributed by atoms with E-state index in [0.717, 1.165) is 31.2 Å². The van der Waals surface area contributed by atoms with Crippen molar-refractivity contribution < 1.29 is 23.9 Å². The number of carbonyl (C=O) groups excluding carboxylic acids is 3. The van der Waals surface area contributed by atoms with Crippen molar-refractivity contribution in [2.24, 2.45) is 0 Å². The second-order valence-electron chi connectivity index (χ2n) is 9.74. The van der Waals surface area contributed by atoms with Gasteiger partial charge in [0.1, 0.15) is 11.2 Å². The van der Waals surface area contributed by atoms with Crippen LogP contribution in [0.15, 0.2) is 24.3 Å². The standard InChI is InChI=1S/C25H31N5O5/c1-25(24(33)27-17-7-5-3-4-6-8-17)14-30-19(23(32)29(25)2)12-18(28-30)22(31)26-13-16-9-10-20-21(11-16)35-15-34-20/h9-12,17H,3-8,13-15H2,1-2H3,(H,26,31)(H,27,33)/t25-/m1/s1. The summed E-state index contributed by atoms with van der Waals surface area (Å²) in [5.74, 6) is 0.400. The molecule has 2 aliphatic heterocycles. The zero-order valence-corrected chi connectivity index (χ0v) is 20.1. The first-order valence-electron chi connectivity index (χ1n) is 12.2. The molecule has 1 saturated carbocycles. The van der Waals surface area contributed by atoms with E-state index in [1.807, 2.05) is 12.1 Å². The maximum absolute atomic E-state index is 13.3. The van der Waals surface area contributed by atoms with E-state index >= 15 is 0 Å². The van der Waals surface area contributed by atoms with Crippen molar-refractivity contribution in [1.82, 2.24) is 25.3 Å². The Labute approximate surface area is 203 Å². The van der Waals surface area contributed by atoms with Crippen molar-refractivity contribution >= 4 is 17.7 Å². The molecule has 0 radical (unpaired) electrons. The average molecular weight is 482 g/mol. The van der Waals surface area contributed by atoms with Crippen LogP contribution in [0.25, 0.3) is 0 Å². The molecule has 2 aromatic rings. The third-order valence-electron chi connectivity index (χ3n) is 7.30. The third kappa shape index (κ3) is 4.44. The topological polar surface area (TPSA) is 115 Å². The lowest BCUT2D eigenvalue weighted by atomic mass is 9.95. The summed E-state index contributed by atoms with van der Waals surface area (Å²) in [6, 6.07) is 7.08.